The predicted octanol–water partition coefficient (Wildman–Crippen LogP) is 4.28. The fourth-order valence-electron chi connectivity index (χ4n) is 3.92. The zero-order chi connectivity index (χ0) is 19.5. The van der Waals surface area contributed by atoms with Gasteiger partial charge in [0.25, 0.3) is 5.91 Å². The highest BCUT2D eigenvalue weighted by atomic mass is 79.9. The minimum atomic E-state index is -0.0713. The molecule has 28 heavy (non-hydrogen) atoms. The van der Waals surface area contributed by atoms with E-state index in [-0.39, 0.29) is 18.5 Å². The van der Waals surface area contributed by atoms with Crippen LogP contribution in [0.25, 0.3) is 0 Å². The van der Waals surface area contributed by atoms with Gasteiger partial charge in [-0.1, -0.05) is 34.5 Å². The maximum Gasteiger partial charge on any atom is 0.261 e. The molecule has 0 N–H and O–H groups in total. The fraction of sp³-hybridized carbons (Fsp3) is 0.364. The van der Waals surface area contributed by atoms with E-state index in [1.54, 1.807) is 15.9 Å². The van der Waals surface area contributed by atoms with Crippen molar-refractivity contribution < 1.29 is 9.59 Å². The summed E-state index contributed by atoms with van der Waals surface area (Å²) in [6.07, 6.45) is 4.18. The largest absolute Gasteiger partial charge is 0.303 e. The second kappa shape index (κ2) is 8.45. The third-order valence-electron chi connectivity index (χ3n) is 5.48. The number of fused-ring (bicyclic) bond motifs is 1. The van der Waals surface area contributed by atoms with Gasteiger partial charge < -0.3 is 4.90 Å². The first-order chi connectivity index (χ1) is 13.6. The maximum atomic E-state index is 13.1. The Hall–Kier alpha value is -2.18. The summed E-state index contributed by atoms with van der Waals surface area (Å²) in [6, 6.07) is 15.0. The zero-order valence-electron chi connectivity index (χ0n) is 15.8. The summed E-state index contributed by atoms with van der Waals surface area (Å²) >= 11 is 3.43. The van der Waals surface area contributed by atoms with Crippen molar-refractivity contribution in [2.24, 2.45) is 0 Å². The van der Waals surface area contributed by atoms with E-state index >= 15 is 0 Å². The molecule has 0 aromatic heterocycles. The van der Waals surface area contributed by atoms with Crippen molar-refractivity contribution >= 4 is 39.1 Å². The first-order valence-electron chi connectivity index (χ1n) is 9.83. The number of likely N-dealkylation sites (tertiary alicyclic amines) is 1. The lowest BCUT2D eigenvalue weighted by atomic mass is 10.1. The Morgan fingerprint density at radius 2 is 1.68 bits per heavy atom. The molecule has 2 aliphatic rings. The number of carbonyl (C=O) groups is 2. The summed E-state index contributed by atoms with van der Waals surface area (Å²) in [5.74, 6) is -0.00867. The average Bonchev–Trinajstić information content (AvgIpc) is 2.74. The summed E-state index contributed by atoms with van der Waals surface area (Å²) < 4.78 is 0.954. The number of hydrogen-bond acceptors (Lipinski definition) is 3. The van der Waals surface area contributed by atoms with Crippen LogP contribution in [0.2, 0.25) is 0 Å². The van der Waals surface area contributed by atoms with Gasteiger partial charge in [-0.05, 0) is 62.3 Å². The lowest BCUT2D eigenvalue weighted by Gasteiger charge is -2.37. The van der Waals surface area contributed by atoms with Gasteiger partial charge in [-0.2, -0.15) is 0 Å². The van der Waals surface area contributed by atoms with Crippen molar-refractivity contribution in [2.75, 3.05) is 36.1 Å². The highest BCUT2D eigenvalue weighted by Crippen LogP contribution is 2.31. The van der Waals surface area contributed by atoms with Crippen LogP contribution < -0.4 is 9.80 Å². The van der Waals surface area contributed by atoms with E-state index in [0.29, 0.717) is 17.7 Å². The van der Waals surface area contributed by atoms with E-state index in [1.165, 1.54) is 19.3 Å². The first kappa shape index (κ1) is 19.2. The van der Waals surface area contributed by atoms with Gasteiger partial charge in [-0.25, -0.2) is 0 Å². The normalized spacial score (nSPS) is 17.5. The molecule has 0 saturated carbocycles. The monoisotopic (exact) mass is 441 g/mol. The van der Waals surface area contributed by atoms with Crippen molar-refractivity contribution in [3.8, 4) is 0 Å². The van der Waals surface area contributed by atoms with Crippen LogP contribution in [0, 0.1) is 0 Å². The molecule has 4 rings (SSSR count). The Labute approximate surface area is 174 Å². The SMILES string of the molecule is O=C1c2ccccc2N(C(=O)CCN2CCCCC2)CN1c1ccc(Br)cc1. The number of carbonyl (C=O) groups excluding carboxylic acids is 2. The van der Waals surface area contributed by atoms with Crippen molar-refractivity contribution in [2.45, 2.75) is 25.7 Å². The number of para-hydroxylation sites is 1. The Morgan fingerprint density at radius 3 is 2.43 bits per heavy atom. The summed E-state index contributed by atoms with van der Waals surface area (Å²) in [5, 5.41) is 0. The van der Waals surface area contributed by atoms with Crippen molar-refractivity contribution in [3.05, 3.63) is 58.6 Å². The molecule has 0 unspecified atom stereocenters. The van der Waals surface area contributed by atoms with E-state index in [1.807, 2.05) is 42.5 Å². The molecule has 1 saturated heterocycles. The molecule has 0 spiro atoms. The molecule has 0 aliphatic carbocycles. The number of benzene rings is 2. The molecule has 0 radical (unpaired) electrons. The van der Waals surface area contributed by atoms with Gasteiger partial charge in [0.2, 0.25) is 5.91 Å². The van der Waals surface area contributed by atoms with Crippen LogP contribution in [0.3, 0.4) is 0 Å². The van der Waals surface area contributed by atoms with E-state index in [0.717, 1.165) is 29.8 Å². The van der Waals surface area contributed by atoms with Gasteiger partial charge in [0, 0.05) is 23.1 Å². The molecule has 2 aliphatic heterocycles. The van der Waals surface area contributed by atoms with Gasteiger partial charge in [-0.3, -0.25) is 19.4 Å². The highest BCUT2D eigenvalue weighted by Gasteiger charge is 2.33. The van der Waals surface area contributed by atoms with Gasteiger partial charge in [-0.15, -0.1) is 0 Å². The van der Waals surface area contributed by atoms with E-state index in [2.05, 4.69) is 20.8 Å². The average molecular weight is 442 g/mol. The minimum absolute atomic E-state index is 0.0626. The van der Waals surface area contributed by atoms with Gasteiger partial charge >= 0.3 is 0 Å². The molecule has 0 bridgehead atoms. The van der Waals surface area contributed by atoms with Gasteiger partial charge in [0.15, 0.2) is 0 Å². The quantitative estimate of drug-likeness (QED) is 0.710. The number of halogens is 1. The second-order valence-electron chi connectivity index (χ2n) is 7.34. The minimum Gasteiger partial charge on any atom is -0.303 e. The Balaban J connectivity index is 1.56. The second-order valence-corrected chi connectivity index (χ2v) is 8.26. The molecular formula is C22H24BrN3O2. The molecule has 2 aromatic carbocycles. The molecule has 2 heterocycles. The predicted molar refractivity (Wildman–Crippen MR) is 115 cm³/mol. The van der Waals surface area contributed by atoms with Crippen LogP contribution in [0.15, 0.2) is 53.0 Å². The van der Waals surface area contributed by atoms with Crippen molar-refractivity contribution in [3.63, 3.8) is 0 Å². The molecule has 1 fully saturated rings. The van der Waals surface area contributed by atoms with Gasteiger partial charge in [0.1, 0.15) is 6.67 Å². The third kappa shape index (κ3) is 3.98. The molecule has 2 amide bonds. The molecule has 0 atom stereocenters. The summed E-state index contributed by atoms with van der Waals surface area (Å²) in [7, 11) is 0. The van der Waals surface area contributed by atoms with Crippen LogP contribution in [0.5, 0.6) is 0 Å². The fourth-order valence-corrected chi connectivity index (χ4v) is 4.19. The number of piperidine rings is 1. The highest BCUT2D eigenvalue weighted by molar-refractivity contribution is 9.10. The van der Waals surface area contributed by atoms with Crippen LogP contribution in [-0.4, -0.2) is 43.0 Å². The topological polar surface area (TPSA) is 43.9 Å². The van der Waals surface area contributed by atoms with Crippen LogP contribution in [0.4, 0.5) is 11.4 Å². The Kier molecular flexibility index (Phi) is 5.78. The first-order valence-corrected chi connectivity index (χ1v) is 10.6. The van der Waals surface area contributed by atoms with Crippen molar-refractivity contribution in [1.29, 1.82) is 0 Å². The zero-order valence-corrected chi connectivity index (χ0v) is 17.4. The Morgan fingerprint density at radius 1 is 0.964 bits per heavy atom. The lowest BCUT2D eigenvalue weighted by molar-refractivity contribution is -0.119. The van der Waals surface area contributed by atoms with Crippen LogP contribution >= 0.6 is 15.9 Å². The molecule has 6 heteroatoms. The van der Waals surface area contributed by atoms with Crippen molar-refractivity contribution in [1.82, 2.24) is 4.90 Å². The van der Waals surface area contributed by atoms with Crippen LogP contribution in [-0.2, 0) is 4.79 Å². The number of hydrogen-bond donors (Lipinski definition) is 0. The summed E-state index contributed by atoms with van der Waals surface area (Å²) in [6.45, 7) is 3.18. The molecule has 5 nitrogen and oxygen atoms in total. The van der Waals surface area contributed by atoms with Crippen LogP contribution in [0.1, 0.15) is 36.0 Å². The van der Waals surface area contributed by atoms with E-state index < -0.39 is 0 Å². The lowest BCUT2D eigenvalue weighted by Crippen LogP contribution is -2.50. The van der Waals surface area contributed by atoms with Gasteiger partial charge in [0.05, 0.1) is 11.3 Å². The number of anilines is 2. The molecule has 146 valence electrons. The molecule has 2 aromatic rings. The van der Waals surface area contributed by atoms with E-state index in [9.17, 15) is 9.59 Å². The molecular weight excluding hydrogens is 418 g/mol. The number of nitrogens with zero attached hydrogens (tertiary/aromatic N) is 3. The maximum absolute atomic E-state index is 13.1. The Bertz CT molecular complexity index is 862. The number of amides is 2. The van der Waals surface area contributed by atoms with E-state index in [4.69, 9.17) is 0 Å². The number of rotatable bonds is 4. The smallest absolute Gasteiger partial charge is 0.261 e. The summed E-state index contributed by atoms with van der Waals surface area (Å²) in [5.41, 5.74) is 2.07. The standard InChI is InChI=1S/C22H24BrN3O2/c23-17-8-10-18(11-9-17)25-16-26(20-7-3-2-6-19(20)22(25)28)21(27)12-15-24-13-4-1-5-14-24/h2-3,6-11H,1,4-5,12-16H2. The third-order valence-corrected chi connectivity index (χ3v) is 6.01. The summed E-state index contributed by atoms with van der Waals surface area (Å²) in [4.78, 5) is 31.9.